The maximum atomic E-state index is 12.1. The summed E-state index contributed by atoms with van der Waals surface area (Å²) in [5.74, 6) is -0.518. The first-order valence-corrected chi connectivity index (χ1v) is 9.20. The summed E-state index contributed by atoms with van der Waals surface area (Å²) in [5, 5.41) is 4.11. The van der Waals surface area contributed by atoms with E-state index in [1.54, 1.807) is 11.9 Å². The van der Waals surface area contributed by atoms with Gasteiger partial charge in [0.25, 0.3) is 5.91 Å². The molecule has 1 amide bonds. The minimum absolute atomic E-state index is 0.0583. The van der Waals surface area contributed by atoms with Gasteiger partial charge in [-0.1, -0.05) is 16.8 Å². The van der Waals surface area contributed by atoms with Gasteiger partial charge in [0.1, 0.15) is 0 Å². The molecule has 1 aromatic heterocycles. The summed E-state index contributed by atoms with van der Waals surface area (Å²) in [4.78, 5) is 20.0. The number of likely N-dealkylation sites (N-methyl/N-ethyl adjacent to an activating group) is 1. The normalized spacial score (nSPS) is 19.5. The third kappa shape index (κ3) is 4.47. The molecule has 132 valence electrons. The van der Waals surface area contributed by atoms with Crippen LogP contribution in [0.15, 0.2) is 17.3 Å². The molecule has 1 aliphatic heterocycles. The van der Waals surface area contributed by atoms with Crippen LogP contribution in [0.2, 0.25) is 4.34 Å². The Labute approximate surface area is 150 Å². The van der Waals surface area contributed by atoms with Crippen molar-refractivity contribution in [2.75, 3.05) is 26.9 Å². The maximum absolute atomic E-state index is 12.1. The SMILES string of the molecule is CN(Cc1ccc(Cl)s1)C(=O)CON=C1CCC2(CC1)OCCO2. The molecule has 2 aliphatic rings. The second-order valence-corrected chi connectivity index (χ2v) is 7.79. The lowest BCUT2D eigenvalue weighted by atomic mass is 9.92. The van der Waals surface area contributed by atoms with E-state index in [1.165, 1.54) is 11.3 Å². The van der Waals surface area contributed by atoms with E-state index in [9.17, 15) is 4.79 Å². The fourth-order valence-corrected chi connectivity index (χ4v) is 3.99. The van der Waals surface area contributed by atoms with Gasteiger partial charge in [-0.05, 0) is 25.0 Å². The van der Waals surface area contributed by atoms with Gasteiger partial charge in [0.15, 0.2) is 12.4 Å². The van der Waals surface area contributed by atoms with Crippen LogP contribution in [0.3, 0.4) is 0 Å². The van der Waals surface area contributed by atoms with Crippen molar-refractivity contribution in [2.24, 2.45) is 5.16 Å². The predicted molar refractivity (Wildman–Crippen MR) is 92.3 cm³/mol. The van der Waals surface area contributed by atoms with E-state index in [0.717, 1.165) is 40.6 Å². The molecule has 0 bridgehead atoms. The lowest BCUT2D eigenvalue weighted by molar-refractivity contribution is -0.168. The van der Waals surface area contributed by atoms with Gasteiger partial charge in [-0.2, -0.15) is 0 Å². The molecule has 3 rings (SSSR count). The number of hydrogen-bond acceptors (Lipinski definition) is 6. The fraction of sp³-hybridized carbons (Fsp3) is 0.625. The van der Waals surface area contributed by atoms with Crippen LogP contribution in [-0.2, 0) is 25.7 Å². The van der Waals surface area contributed by atoms with Crippen LogP contribution >= 0.6 is 22.9 Å². The molecule has 1 aliphatic carbocycles. The van der Waals surface area contributed by atoms with E-state index >= 15 is 0 Å². The van der Waals surface area contributed by atoms with Gasteiger partial charge in [-0.15, -0.1) is 11.3 Å². The first kappa shape index (κ1) is 17.7. The zero-order chi connectivity index (χ0) is 17.0. The third-order valence-electron chi connectivity index (χ3n) is 4.23. The largest absolute Gasteiger partial charge is 0.386 e. The van der Waals surface area contributed by atoms with Crippen LogP contribution in [0, 0.1) is 0 Å². The zero-order valence-corrected chi connectivity index (χ0v) is 15.2. The Morgan fingerprint density at radius 3 is 2.71 bits per heavy atom. The summed E-state index contributed by atoms with van der Waals surface area (Å²) in [7, 11) is 1.74. The van der Waals surface area contributed by atoms with Crippen molar-refractivity contribution in [1.82, 2.24) is 4.90 Å². The van der Waals surface area contributed by atoms with Gasteiger partial charge < -0.3 is 19.2 Å². The Bertz CT molecular complexity index is 601. The number of oxime groups is 1. The van der Waals surface area contributed by atoms with E-state index < -0.39 is 5.79 Å². The predicted octanol–water partition coefficient (Wildman–Crippen LogP) is 3.05. The van der Waals surface area contributed by atoms with Gasteiger partial charge in [0, 0.05) is 24.8 Å². The highest BCUT2D eigenvalue weighted by atomic mass is 35.5. The van der Waals surface area contributed by atoms with Gasteiger partial charge in [-0.25, -0.2) is 0 Å². The number of carbonyl (C=O) groups excluding carboxylic acids is 1. The lowest BCUT2D eigenvalue weighted by Crippen LogP contribution is -2.35. The molecule has 2 fully saturated rings. The molecule has 0 radical (unpaired) electrons. The average Bonchev–Trinajstić information content (AvgIpc) is 3.19. The standard InChI is InChI=1S/C16H21ClN2O4S/c1-19(10-13-2-3-14(17)24-13)15(20)11-23-18-12-4-6-16(7-5-12)21-8-9-22-16/h2-3H,4-11H2,1H3. The van der Waals surface area contributed by atoms with Gasteiger partial charge in [0.2, 0.25) is 0 Å². The summed E-state index contributed by atoms with van der Waals surface area (Å²) in [6, 6.07) is 3.75. The van der Waals surface area contributed by atoms with Crippen molar-refractivity contribution in [3.8, 4) is 0 Å². The molecular formula is C16H21ClN2O4S. The molecule has 0 aromatic carbocycles. The van der Waals surface area contributed by atoms with E-state index in [1.807, 2.05) is 12.1 Å². The Morgan fingerprint density at radius 2 is 2.08 bits per heavy atom. The Kier molecular flexibility index (Phi) is 5.76. The quantitative estimate of drug-likeness (QED) is 0.745. The van der Waals surface area contributed by atoms with E-state index in [4.69, 9.17) is 25.9 Å². The number of halogens is 1. The van der Waals surface area contributed by atoms with E-state index in [-0.39, 0.29) is 12.5 Å². The molecule has 1 saturated carbocycles. The van der Waals surface area contributed by atoms with Gasteiger partial charge in [-0.3, -0.25) is 4.79 Å². The van der Waals surface area contributed by atoms with Crippen LogP contribution in [-0.4, -0.2) is 49.2 Å². The van der Waals surface area contributed by atoms with Crippen LogP contribution in [0.5, 0.6) is 0 Å². The van der Waals surface area contributed by atoms with Crippen LogP contribution in [0.4, 0.5) is 0 Å². The number of hydrogen-bond donors (Lipinski definition) is 0. The number of nitrogens with zero attached hydrogens (tertiary/aromatic N) is 2. The molecule has 1 aromatic rings. The smallest absolute Gasteiger partial charge is 0.263 e. The van der Waals surface area contributed by atoms with Crippen molar-refractivity contribution in [3.05, 3.63) is 21.3 Å². The number of thiophene rings is 1. The van der Waals surface area contributed by atoms with Gasteiger partial charge in [0.05, 0.1) is 29.8 Å². The Morgan fingerprint density at radius 1 is 1.38 bits per heavy atom. The average molecular weight is 373 g/mol. The molecule has 1 saturated heterocycles. The molecule has 0 atom stereocenters. The van der Waals surface area contributed by atoms with Crippen LogP contribution < -0.4 is 0 Å². The van der Waals surface area contributed by atoms with Crippen LogP contribution in [0.25, 0.3) is 0 Å². The molecule has 0 N–H and O–H groups in total. The third-order valence-corrected chi connectivity index (χ3v) is 5.45. The van der Waals surface area contributed by atoms with Gasteiger partial charge >= 0.3 is 0 Å². The second-order valence-electron chi connectivity index (χ2n) is 5.99. The number of amides is 1. The minimum Gasteiger partial charge on any atom is -0.386 e. The zero-order valence-electron chi connectivity index (χ0n) is 13.6. The van der Waals surface area contributed by atoms with E-state index in [0.29, 0.717) is 19.8 Å². The highest BCUT2D eigenvalue weighted by Gasteiger charge is 2.39. The van der Waals surface area contributed by atoms with Crippen molar-refractivity contribution < 1.29 is 19.1 Å². The summed E-state index contributed by atoms with van der Waals surface area (Å²) in [5.41, 5.74) is 0.959. The fourth-order valence-electron chi connectivity index (χ4n) is 2.84. The molecule has 8 heteroatoms. The second kappa shape index (κ2) is 7.82. The topological polar surface area (TPSA) is 60.4 Å². The van der Waals surface area contributed by atoms with E-state index in [2.05, 4.69) is 5.16 Å². The van der Waals surface area contributed by atoms with Crippen molar-refractivity contribution in [2.45, 2.75) is 38.0 Å². The number of rotatable bonds is 5. The minimum atomic E-state index is -0.406. The molecule has 2 heterocycles. The number of carbonyl (C=O) groups is 1. The molecule has 6 nitrogen and oxygen atoms in total. The number of ether oxygens (including phenoxy) is 2. The maximum Gasteiger partial charge on any atom is 0.263 e. The lowest BCUT2D eigenvalue weighted by Gasteiger charge is -2.31. The monoisotopic (exact) mass is 372 g/mol. The van der Waals surface area contributed by atoms with Crippen molar-refractivity contribution in [3.63, 3.8) is 0 Å². The summed E-state index contributed by atoms with van der Waals surface area (Å²) >= 11 is 7.36. The summed E-state index contributed by atoms with van der Waals surface area (Å²) in [6.07, 6.45) is 3.14. The highest BCUT2D eigenvalue weighted by molar-refractivity contribution is 7.16. The molecular weight excluding hydrogens is 352 g/mol. The molecule has 24 heavy (non-hydrogen) atoms. The highest BCUT2D eigenvalue weighted by Crippen LogP contribution is 2.34. The first-order valence-electron chi connectivity index (χ1n) is 8.00. The summed E-state index contributed by atoms with van der Waals surface area (Å²) in [6.45, 7) is 1.79. The Hall–Kier alpha value is -1.15. The van der Waals surface area contributed by atoms with Crippen LogP contribution in [0.1, 0.15) is 30.6 Å². The van der Waals surface area contributed by atoms with Crippen molar-refractivity contribution in [1.29, 1.82) is 0 Å². The first-order chi connectivity index (χ1) is 11.6. The van der Waals surface area contributed by atoms with Crippen molar-refractivity contribution >= 4 is 34.6 Å². The summed E-state index contributed by atoms with van der Waals surface area (Å²) < 4.78 is 12.1. The molecule has 0 unspecified atom stereocenters. The molecule has 1 spiro atoms. The Balaban J connectivity index is 1.40.